The van der Waals surface area contributed by atoms with Gasteiger partial charge in [-0.15, -0.1) is 13.2 Å². The fourth-order valence-electron chi connectivity index (χ4n) is 1.73. The maximum absolute atomic E-state index is 12.1. The number of nitrogen functional groups attached to an aromatic ring is 1. The summed E-state index contributed by atoms with van der Waals surface area (Å²) in [6, 6.07) is 5.13. The van der Waals surface area contributed by atoms with Crippen molar-refractivity contribution in [2.45, 2.75) is 17.3 Å². The van der Waals surface area contributed by atoms with E-state index in [2.05, 4.69) is 29.8 Å². The molecule has 3 aromatic rings. The van der Waals surface area contributed by atoms with Gasteiger partial charge in [-0.05, 0) is 24.3 Å². The molecular weight excluding hydrogens is 361 g/mol. The average molecular weight is 370 g/mol. The molecule has 1 aromatic carbocycles. The lowest BCUT2D eigenvalue weighted by molar-refractivity contribution is -0.274. The highest BCUT2D eigenvalue weighted by molar-refractivity contribution is 7.98. The monoisotopic (exact) mass is 370 g/mol. The molecular formula is C13H9F3N6O2S. The van der Waals surface area contributed by atoms with E-state index in [4.69, 9.17) is 10.3 Å². The zero-order valence-corrected chi connectivity index (χ0v) is 13.1. The molecule has 25 heavy (non-hydrogen) atoms. The number of halogens is 3. The van der Waals surface area contributed by atoms with Crippen LogP contribution in [0, 0.1) is 0 Å². The molecule has 0 spiro atoms. The van der Waals surface area contributed by atoms with E-state index in [-0.39, 0.29) is 17.5 Å². The average Bonchev–Trinajstić information content (AvgIpc) is 3.01. The normalized spacial score (nSPS) is 11.5. The number of hydrogen-bond acceptors (Lipinski definition) is 9. The van der Waals surface area contributed by atoms with Gasteiger partial charge in [0.25, 0.3) is 0 Å². The molecule has 0 unspecified atom stereocenters. The SMILES string of the molecule is Nc1ncnc(SCc2nc(-c3ccc(OC(F)(F)F)cc3)no2)n1. The number of aromatic nitrogens is 5. The Morgan fingerprint density at radius 2 is 1.88 bits per heavy atom. The van der Waals surface area contributed by atoms with E-state index in [1.165, 1.54) is 42.4 Å². The second-order valence-corrected chi connectivity index (χ2v) is 5.44. The van der Waals surface area contributed by atoms with Gasteiger partial charge < -0.3 is 15.0 Å². The van der Waals surface area contributed by atoms with E-state index >= 15 is 0 Å². The van der Waals surface area contributed by atoms with Crippen molar-refractivity contribution in [3.63, 3.8) is 0 Å². The maximum Gasteiger partial charge on any atom is 0.573 e. The number of nitrogens with two attached hydrogens (primary N) is 1. The fraction of sp³-hybridized carbons (Fsp3) is 0.154. The van der Waals surface area contributed by atoms with Gasteiger partial charge in [0.2, 0.25) is 17.7 Å². The molecule has 0 saturated heterocycles. The highest BCUT2D eigenvalue weighted by Crippen LogP contribution is 2.26. The summed E-state index contributed by atoms with van der Waals surface area (Å²) in [6.45, 7) is 0. The smallest absolute Gasteiger partial charge is 0.406 e. The molecule has 0 radical (unpaired) electrons. The van der Waals surface area contributed by atoms with Crippen molar-refractivity contribution in [1.29, 1.82) is 0 Å². The number of thioether (sulfide) groups is 1. The van der Waals surface area contributed by atoms with Crippen molar-refractivity contribution in [3.05, 3.63) is 36.5 Å². The minimum Gasteiger partial charge on any atom is -0.406 e. The van der Waals surface area contributed by atoms with Crippen molar-refractivity contribution in [2.24, 2.45) is 0 Å². The van der Waals surface area contributed by atoms with Gasteiger partial charge in [0.05, 0.1) is 5.75 Å². The zero-order valence-electron chi connectivity index (χ0n) is 12.3. The summed E-state index contributed by atoms with van der Waals surface area (Å²) in [6.07, 6.45) is -3.45. The zero-order chi connectivity index (χ0) is 17.9. The minimum absolute atomic E-state index is 0.102. The van der Waals surface area contributed by atoms with E-state index in [1.54, 1.807) is 0 Å². The van der Waals surface area contributed by atoms with Crippen LogP contribution in [0.25, 0.3) is 11.4 Å². The molecule has 0 saturated carbocycles. The van der Waals surface area contributed by atoms with E-state index in [0.717, 1.165) is 0 Å². The van der Waals surface area contributed by atoms with Crippen LogP contribution in [-0.2, 0) is 5.75 Å². The third kappa shape index (κ3) is 4.79. The molecule has 0 aliphatic carbocycles. The first kappa shape index (κ1) is 17.0. The minimum atomic E-state index is -4.74. The van der Waals surface area contributed by atoms with Crippen molar-refractivity contribution in [2.75, 3.05) is 5.73 Å². The van der Waals surface area contributed by atoms with E-state index < -0.39 is 6.36 Å². The topological polar surface area (TPSA) is 113 Å². The van der Waals surface area contributed by atoms with Crippen LogP contribution in [0.3, 0.4) is 0 Å². The van der Waals surface area contributed by atoms with E-state index in [9.17, 15) is 13.2 Å². The molecule has 0 aliphatic rings. The van der Waals surface area contributed by atoms with Gasteiger partial charge in [0.1, 0.15) is 12.1 Å². The summed E-state index contributed by atoms with van der Waals surface area (Å²) in [5.41, 5.74) is 5.94. The molecule has 2 N–H and O–H groups in total. The molecule has 8 nitrogen and oxygen atoms in total. The summed E-state index contributed by atoms with van der Waals surface area (Å²) in [5, 5.41) is 4.18. The number of anilines is 1. The number of alkyl halides is 3. The third-order valence-corrected chi connectivity index (χ3v) is 3.55. The molecule has 3 rings (SSSR count). The van der Waals surface area contributed by atoms with Gasteiger partial charge in [0.15, 0.2) is 5.16 Å². The Hall–Kier alpha value is -2.89. The van der Waals surface area contributed by atoms with Crippen LogP contribution >= 0.6 is 11.8 Å². The molecule has 2 aromatic heterocycles. The van der Waals surface area contributed by atoms with Crippen LogP contribution in [0.4, 0.5) is 19.1 Å². The standard InChI is InChI=1S/C13H9F3N6O2S/c14-13(15,16)23-8-3-1-7(2-4-8)10-20-9(24-22-10)5-25-12-19-6-18-11(17)21-12/h1-4,6H,5H2,(H2,17,18,19,21). The summed E-state index contributed by atoms with van der Waals surface area (Å²) in [7, 11) is 0. The summed E-state index contributed by atoms with van der Waals surface area (Å²) >= 11 is 1.22. The summed E-state index contributed by atoms with van der Waals surface area (Å²) in [4.78, 5) is 15.7. The highest BCUT2D eigenvalue weighted by Gasteiger charge is 2.31. The van der Waals surface area contributed by atoms with Gasteiger partial charge in [0, 0.05) is 5.56 Å². The van der Waals surface area contributed by atoms with Crippen LogP contribution in [0.5, 0.6) is 5.75 Å². The van der Waals surface area contributed by atoms with Crippen molar-refractivity contribution >= 4 is 17.7 Å². The lowest BCUT2D eigenvalue weighted by atomic mass is 10.2. The van der Waals surface area contributed by atoms with Crippen LogP contribution < -0.4 is 10.5 Å². The van der Waals surface area contributed by atoms with E-state index in [1.807, 2.05) is 0 Å². The lowest BCUT2D eigenvalue weighted by Gasteiger charge is -2.08. The molecule has 130 valence electrons. The van der Waals surface area contributed by atoms with Gasteiger partial charge in [-0.1, -0.05) is 16.9 Å². The van der Waals surface area contributed by atoms with Crippen LogP contribution in [0.2, 0.25) is 0 Å². The number of nitrogens with zero attached hydrogens (tertiary/aromatic N) is 5. The Morgan fingerprint density at radius 1 is 1.12 bits per heavy atom. The fourth-order valence-corrected chi connectivity index (χ4v) is 2.37. The largest absolute Gasteiger partial charge is 0.573 e. The first-order valence-corrected chi connectivity index (χ1v) is 7.64. The summed E-state index contributed by atoms with van der Waals surface area (Å²) < 4.78 is 45.3. The van der Waals surface area contributed by atoms with Gasteiger partial charge >= 0.3 is 6.36 Å². The highest BCUT2D eigenvalue weighted by atomic mass is 32.2. The van der Waals surface area contributed by atoms with Crippen molar-refractivity contribution in [1.82, 2.24) is 25.1 Å². The van der Waals surface area contributed by atoms with Crippen LogP contribution in [0.1, 0.15) is 5.89 Å². The van der Waals surface area contributed by atoms with Crippen molar-refractivity contribution < 1.29 is 22.4 Å². The molecule has 0 amide bonds. The summed E-state index contributed by atoms with van der Waals surface area (Å²) in [5.74, 6) is 0.609. The Balaban J connectivity index is 1.65. The molecule has 0 bridgehead atoms. The number of benzene rings is 1. The third-order valence-electron chi connectivity index (χ3n) is 2.71. The van der Waals surface area contributed by atoms with Gasteiger partial charge in [-0.2, -0.15) is 9.97 Å². The number of hydrogen-bond donors (Lipinski definition) is 1. The Kier molecular flexibility index (Phi) is 4.70. The molecule has 12 heteroatoms. The van der Waals surface area contributed by atoms with Crippen LogP contribution in [0.15, 0.2) is 40.3 Å². The first-order chi connectivity index (χ1) is 11.9. The predicted molar refractivity (Wildman–Crippen MR) is 80.2 cm³/mol. The van der Waals surface area contributed by atoms with Gasteiger partial charge in [-0.3, -0.25) is 0 Å². The van der Waals surface area contributed by atoms with Crippen LogP contribution in [-0.4, -0.2) is 31.5 Å². The quantitative estimate of drug-likeness (QED) is 0.677. The van der Waals surface area contributed by atoms with Crippen molar-refractivity contribution in [3.8, 4) is 17.1 Å². The Bertz CT molecular complexity index is 855. The van der Waals surface area contributed by atoms with E-state index in [0.29, 0.717) is 22.4 Å². The second kappa shape index (κ2) is 6.93. The van der Waals surface area contributed by atoms with Gasteiger partial charge in [-0.25, -0.2) is 9.97 Å². The molecule has 0 fully saturated rings. The Morgan fingerprint density at radius 3 is 2.56 bits per heavy atom. The predicted octanol–water partition coefficient (Wildman–Crippen LogP) is 2.69. The lowest BCUT2D eigenvalue weighted by Crippen LogP contribution is -2.16. The Labute approximate surface area is 142 Å². The first-order valence-electron chi connectivity index (χ1n) is 6.65. The molecule has 0 atom stereocenters. The number of ether oxygens (including phenoxy) is 1. The maximum atomic E-state index is 12.1. The molecule has 2 heterocycles. The molecule has 0 aliphatic heterocycles. The number of rotatable bonds is 5. The second-order valence-electron chi connectivity index (χ2n) is 4.50.